The topological polar surface area (TPSA) is 112 Å². The third kappa shape index (κ3) is 6.95. The quantitative estimate of drug-likeness (QED) is 0.102. The number of halogens is 4. The number of ether oxygens (including phenoxy) is 2. The Labute approximate surface area is 262 Å². The number of hydrogen-bond acceptors (Lipinski definition) is 7. The number of hydrogen-bond donors (Lipinski definition) is 1. The van der Waals surface area contributed by atoms with E-state index in [4.69, 9.17) is 13.9 Å². The largest absolute Gasteiger partial charge is 0.453 e. The molecule has 8 nitrogen and oxygen atoms in total. The number of aryl methyl sites for hydroxylation is 1. The Morgan fingerprint density at radius 1 is 0.909 bits per heavy atom. The molecule has 1 N–H and O–H groups in total. The summed E-state index contributed by atoms with van der Waals surface area (Å²) in [6.07, 6.45) is -5.11. The van der Waals surface area contributed by atoms with Gasteiger partial charge in [-0.1, -0.05) is 48.0 Å². The Bertz CT molecular complexity index is 2000. The number of alkyl halides is 3. The summed E-state index contributed by atoms with van der Waals surface area (Å²) in [4.78, 5) is 26.4. The summed E-state index contributed by atoms with van der Waals surface area (Å²) >= 11 is 2.01. The van der Waals surface area contributed by atoms with Crippen LogP contribution in [-0.4, -0.2) is 14.4 Å². The molecular weight excluding hydrogens is 714 g/mol. The number of sulfonamides is 1. The van der Waals surface area contributed by atoms with E-state index in [0.717, 1.165) is 21.3 Å². The standard InChI is InChI=1S/C31H21F3INO7S/c1-18-7-14-23(15-8-18)44(39,40)36-26(19-5-3-2-4-6-19)30(38)42-22-13-16-24-25(17-22)43-29(31(32,33)34)28(27(24)37)41-21-11-9-20(35)10-12-21/h2-17,26,36H,1H3/t26-/m0/s1. The van der Waals surface area contributed by atoms with Crippen molar-refractivity contribution >= 4 is 49.6 Å². The number of carbonyl (C=O) groups excluding carboxylic acids is 1. The maximum absolute atomic E-state index is 14.0. The van der Waals surface area contributed by atoms with Gasteiger partial charge in [0.1, 0.15) is 23.1 Å². The van der Waals surface area contributed by atoms with Crippen LogP contribution in [0.3, 0.4) is 0 Å². The minimum atomic E-state index is -5.11. The molecule has 0 saturated heterocycles. The van der Waals surface area contributed by atoms with Gasteiger partial charge in [-0.15, -0.1) is 0 Å². The lowest BCUT2D eigenvalue weighted by atomic mass is 10.1. The maximum Gasteiger partial charge on any atom is 0.453 e. The van der Waals surface area contributed by atoms with Gasteiger partial charge >= 0.3 is 12.1 Å². The van der Waals surface area contributed by atoms with E-state index < -0.39 is 50.7 Å². The highest BCUT2D eigenvalue weighted by Crippen LogP contribution is 2.39. The molecule has 0 spiro atoms. The molecule has 0 bridgehead atoms. The zero-order chi connectivity index (χ0) is 31.6. The third-order valence-corrected chi connectivity index (χ3v) is 8.46. The van der Waals surface area contributed by atoms with Gasteiger partial charge in [0.15, 0.2) is 0 Å². The van der Waals surface area contributed by atoms with Crippen molar-refractivity contribution < 1.29 is 40.3 Å². The van der Waals surface area contributed by atoms with E-state index in [2.05, 4.69) is 4.72 Å². The fourth-order valence-electron chi connectivity index (χ4n) is 4.13. The normalized spacial score (nSPS) is 12.6. The predicted molar refractivity (Wildman–Crippen MR) is 163 cm³/mol. The fourth-order valence-corrected chi connectivity index (χ4v) is 5.67. The van der Waals surface area contributed by atoms with E-state index in [1.807, 2.05) is 22.6 Å². The molecule has 0 aliphatic rings. The highest BCUT2D eigenvalue weighted by molar-refractivity contribution is 14.1. The molecule has 44 heavy (non-hydrogen) atoms. The summed E-state index contributed by atoms with van der Waals surface area (Å²) in [5, 5.41) is -0.266. The molecule has 0 unspecified atom stereocenters. The van der Waals surface area contributed by atoms with Gasteiger partial charge in [0.25, 0.3) is 5.76 Å². The SMILES string of the molecule is Cc1ccc(S(=O)(=O)N[C@H](C(=O)Oc2ccc3c(=O)c(Oc4ccc(I)cc4)c(C(F)(F)F)oc3c2)c2ccccc2)cc1. The number of esters is 1. The first kappa shape index (κ1) is 31.2. The lowest BCUT2D eigenvalue weighted by Gasteiger charge is -2.18. The van der Waals surface area contributed by atoms with E-state index in [1.54, 1.807) is 49.4 Å². The monoisotopic (exact) mass is 735 g/mol. The van der Waals surface area contributed by atoms with Crippen molar-refractivity contribution in [3.8, 4) is 17.2 Å². The van der Waals surface area contributed by atoms with Crippen LogP contribution in [0.5, 0.6) is 17.2 Å². The summed E-state index contributed by atoms with van der Waals surface area (Å²) in [5.74, 6) is -4.10. The Kier molecular flexibility index (Phi) is 8.81. The van der Waals surface area contributed by atoms with Crippen LogP contribution in [0.25, 0.3) is 11.0 Å². The molecule has 1 atom stereocenters. The van der Waals surface area contributed by atoms with E-state index in [0.29, 0.717) is 0 Å². The summed E-state index contributed by atoms with van der Waals surface area (Å²) in [6.45, 7) is 1.79. The van der Waals surface area contributed by atoms with Crippen LogP contribution >= 0.6 is 22.6 Å². The molecule has 0 radical (unpaired) electrons. The Hall–Kier alpha value is -4.21. The van der Waals surface area contributed by atoms with Gasteiger partial charge in [0.05, 0.1) is 10.3 Å². The van der Waals surface area contributed by atoms with Crippen molar-refractivity contribution in [1.82, 2.24) is 4.72 Å². The Morgan fingerprint density at radius 2 is 1.55 bits per heavy atom. The molecule has 226 valence electrons. The number of rotatable bonds is 8. The molecular formula is C31H21F3INO7S. The molecule has 4 aromatic carbocycles. The number of benzene rings is 4. The molecule has 0 amide bonds. The van der Waals surface area contributed by atoms with E-state index in [-0.39, 0.29) is 27.3 Å². The zero-order valence-electron chi connectivity index (χ0n) is 22.6. The van der Waals surface area contributed by atoms with Crippen LogP contribution in [0.1, 0.15) is 22.9 Å². The number of carbonyl (C=O) groups is 1. The van der Waals surface area contributed by atoms with Gasteiger partial charge in [0.2, 0.25) is 21.2 Å². The molecule has 0 aliphatic carbocycles. The minimum absolute atomic E-state index is 0.00633. The van der Waals surface area contributed by atoms with Gasteiger partial charge in [-0.05, 0) is 83.6 Å². The fraction of sp³-hybridized carbons (Fsp3) is 0.0968. The van der Waals surface area contributed by atoms with Crippen LogP contribution in [0, 0.1) is 10.5 Å². The first-order valence-corrected chi connectivity index (χ1v) is 15.3. The molecule has 5 aromatic rings. The summed E-state index contributed by atoms with van der Waals surface area (Å²) < 4.78 is 87.1. The van der Waals surface area contributed by atoms with Crippen molar-refractivity contribution in [2.24, 2.45) is 0 Å². The summed E-state index contributed by atoms with van der Waals surface area (Å²) in [6, 6.07) is 21.5. The summed E-state index contributed by atoms with van der Waals surface area (Å²) in [7, 11) is -4.21. The van der Waals surface area contributed by atoms with E-state index in [1.165, 1.54) is 42.5 Å². The van der Waals surface area contributed by atoms with Crippen LogP contribution in [-0.2, 0) is 21.0 Å². The number of fused-ring (bicyclic) bond motifs is 1. The van der Waals surface area contributed by atoms with Crippen LogP contribution in [0.2, 0.25) is 0 Å². The van der Waals surface area contributed by atoms with Crippen LogP contribution in [0.15, 0.2) is 111 Å². The molecule has 1 heterocycles. The minimum Gasteiger partial charge on any atom is -0.449 e. The highest BCUT2D eigenvalue weighted by atomic mass is 127. The third-order valence-electron chi connectivity index (χ3n) is 6.30. The van der Waals surface area contributed by atoms with Crippen molar-refractivity contribution in [2.75, 3.05) is 0 Å². The lowest BCUT2D eigenvalue weighted by Crippen LogP contribution is -2.36. The van der Waals surface area contributed by atoms with Gasteiger partial charge < -0.3 is 13.9 Å². The average molecular weight is 735 g/mol. The van der Waals surface area contributed by atoms with Crippen molar-refractivity contribution in [3.05, 3.63) is 128 Å². The van der Waals surface area contributed by atoms with Gasteiger partial charge in [-0.3, -0.25) is 4.79 Å². The Balaban J connectivity index is 1.49. The smallest absolute Gasteiger partial charge is 0.449 e. The molecule has 1 aromatic heterocycles. The van der Waals surface area contributed by atoms with Crippen molar-refractivity contribution in [1.29, 1.82) is 0 Å². The van der Waals surface area contributed by atoms with E-state index in [9.17, 15) is 31.2 Å². The predicted octanol–water partition coefficient (Wildman–Crippen LogP) is 7.14. The van der Waals surface area contributed by atoms with Gasteiger partial charge in [-0.2, -0.15) is 17.9 Å². The Morgan fingerprint density at radius 3 is 2.18 bits per heavy atom. The molecule has 5 rings (SSSR count). The van der Waals surface area contributed by atoms with Crippen molar-refractivity contribution in [2.45, 2.75) is 24.0 Å². The maximum atomic E-state index is 14.0. The van der Waals surface area contributed by atoms with E-state index >= 15 is 0 Å². The molecule has 0 aliphatic heterocycles. The molecule has 13 heteroatoms. The lowest BCUT2D eigenvalue weighted by molar-refractivity contribution is -0.154. The second-order valence-electron chi connectivity index (χ2n) is 9.50. The van der Waals surface area contributed by atoms with Gasteiger partial charge in [-0.25, -0.2) is 13.2 Å². The summed E-state index contributed by atoms with van der Waals surface area (Å²) in [5.41, 5.74) is -0.549. The average Bonchev–Trinajstić information content (AvgIpc) is 2.98. The zero-order valence-corrected chi connectivity index (χ0v) is 25.6. The first-order chi connectivity index (χ1) is 20.8. The highest BCUT2D eigenvalue weighted by Gasteiger charge is 2.40. The molecule has 0 saturated carbocycles. The van der Waals surface area contributed by atoms with Crippen LogP contribution < -0.4 is 19.6 Å². The first-order valence-electron chi connectivity index (χ1n) is 12.8. The van der Waals surface area contributed by atoms with Gasteiger partial charge in [0, 0.05) is 9.64 Å². The second-order valence-corrected chi connectivity index (χ2v) is 12.5. The van der Waals surface area contributed by atoms with Crippen LogP contribution in [0.4, 0.5) is 13.2 Å². The number of nitrogens with one attached hydrogen (secondary N) is 1. The van der Waals surface area contributed by atoms with Crippen molar-refractivity contribution in [3.63, 3.8) is 0 Å². The second kappa shape index (κ2) is 12.4. The molecule has 0 fully saturated rings.